The number of rotatable bonds is 2. The highest BCUT2D eigenvalue weighted by Gasteiger charge is 2.46. The lowest BCUT2D eigenvalue weighted by Crippen LogP contribution is -2.52. The summed E-state index contributed by atoms with van der Waals surface area (Å²) in [6.45, 7) is 1.87. The number of ether oxygens (including phenoxy) is 2. The van der Waals surface area contributed by atoms with E-state index in [0.717, 1.165) is 25.4 Å². The van der Waals surface area contributed by atoms with Crippen molar-refractivity contribution in [3.63, 3.8) is 0 Å². The summed E-state index contributed by atoms with van der Waals surface area (Å²) in [6, 6.07) is 8.44. The number of fused-ring (bicyclic) bond motifs is 1. The number of methoxy groups -OCH3 is 1. The molecule has 1 saturated heterocycles. The lowest BCUT2D eigenvalue weighted by molar-refractivity contribution is -0.189. The normalized spacial score (nSPS) is 31.8. The van der Waals surface area contributed by atoms with Crippen LogP contribution < -0.4 is 4.74 Å². The third kappa shape index (κ3) is 2.26. The SMILES string of the molecule is COc1cccc([C@]23CCCC[C@H]2CN(C)CO3)c1. The van der Waals surface area contributed by atoms with Crippen molar-refractivity contribution in [2.24, 2.45) is 5.92 Å². The van der Waals surface area contributed by atoms with Crippen LogP contribution in [0.5, 0.6) is 5.75 Å². The van der Waals surface area contributed by atoms with Crippen molar-refractivity contribution in [3.8, 4) is 5.75 Å². The molecule has 1 aromatic carbocycles. The van der Waals surface area contributed by atoms with Crippen LogP contribution in [0.2, 0.25) is 0 Å². The molecule has 1 aliphatic heterocycles. The molecule has 0 spiro atoms. The number of benzene rings is 1. The minimum absolute atomic E-state index is 0.0840. The van der Waals surface area contributed by atoms with Crippen LogP contribution in [0.15, 0.2) is 24.3 Å². The molecule has 3 nitrogen and oxygen atoms in total. The van der Waals surface area contributed by atoms with E-state index in [1.54, 1.807) is 7.11 Å². The number of hydrogen-bond donors (Lipinski definition) is 0. The predicted octanol–water partition coefficient (Wildman–Crippen LogP) is 3.00. The Bertz CT molecular complexity index is 448. The van der Waals surface area contributed by atoms with Gasteiger partial charge in [0.05, 0.1) is 19.4 Å². The second-order valence-corrected chi connectivity index (χ2v) is 5.88. The second kappa shape index (κ2) is 5.14. The zero-order valence-corrected chi connectivity index (χ0v) is 11.9. The van der Waals surface area contributed by atoms with Gasteiger partial charge in [-0.3, -0.25) is 4.90 Å². The van der Waals surface area contributed by atoms with Crippen LogP contribution in [0, 0.1) is 5.92 Å². The summed E-state index contributed by atoms with van der Waals surface area (Å²) < 4.78 is 11.7. The maximum atomic E-state index is 6.34. The Morgan fingerprint density at radius 2 is 2.26 bits per heavy atom. The summed E-state index contributed by atoms with van der Waals surface area (Å²) >= 11 is 0. The van der Waals surface area contributed by atoms with Crippen molar-refractivity contribution in [1.29, 1.82) is 0 Å². The summed E-state index contributed by atoms with van der Waals surface area (Å²) in [4.78, 5) is 2.29. The van der Waals surface area contributed by atoms with E-state index in [1.165, 1.54) is 24.8 Å². The van der Waals surface area contributed by atoms with Crippen LogP contribution >= 0.6 is 0 Å². The molecule has 0 amide bonds. The first-order valence-electron chi connectivity index (χ1n) is 7.21. The zero-order valence-electron chi connectivity index (χ0n) is 11.9. The topological polar surface area (TPSA) is 21.7 Å². The van der Waals surface area contributed by atoms with Crippen LogP contribution in [0.4, 0.5) is 0 Å². The third-order valence-corrected chi connectivity index (χ3v) is 4.64. The fraction of sp³-hybridized carbons (Fsp3) is 0.625. The van der Waals surface area contributed by atoms with Crippen molar-refractivity contribution in [2.75, 3.05) is 27.4 Å². The molecule has 1 heterocycles. The largest absolute Gasteiger partial charge is 0.497 e. The first kappa shape index (κ1) is 12.9. The average Bonchev–Trinajstić information content (AvgIpc) is 2.47. The van der Waals surface area contributed by atoms with Gasteiger partial charge in [0, 0.05) is 12.5 Å². The van der Waals surface area contributed by atoms with E-state index in [2.05, 4.69) is 30.1 Å². The molecule has 1 aromatic rings. The maximum Gasteiger partial charge on any atom is 0.119 e. The molecule has 0 N–H and O–H groups in total. The molecule has 19 heavy (non-hydrogen) atoms. The molecule has 2 fully saturated rings. The van der Waals surface area contributed by atoms with Crippen molar-refractivity contribution in [2.45, 2.75) is 31.3 Å². The molecule has 2 atom stereocenters. The minimum Gasteiger partial charge on any atom is -0.497 e. The molecular formula is C16H23NO2. The van der Waals surface area contributed by atoms with Crippen LogP contribution in [-0.4, -0.2) is 32.3 Å². The van der Waals surface area contributed by atoms with Gasteiger partial charge in [-0.15, -0.1) is 0 Å². The maximum absolute atomic E-state index is 6.34. The highest BCUT2D eigenvalue weighted by Crippen LogP contribution is 2.47. The molecule has 104 valence electrons. The lowest BCUT2D eigenvalue weighted by Gasteiger charge is -2.50. The Balaban J connectivity index is 1.97. The molecule has 0 bridgehead atoms. The van der Waals surface area contributed by atoms with Gasteiger partial charge in [-0.05, 0) is 37.6 Å². The molecule has 0 aromatic heterocycles. The highest BCUT2D eigenvalue weighted by atomic mass is 16.5. The summed E-state index contributed by atoms with van der Waals surface area (Å²) in [5.41, 5.74) is 1.21. The lowest BCUT2D eigenvalue weighted by atomic mass is 9.70. The highest BCUT2D eigenvalue weighted by molar-refractivity contribution is 5.33. The fourth-order valence-corrected chi connectivity index (χ4v) is 3.65. The van der Waals surface area contributed by atoms with E-state index in [0.29, 0.717) is 5.92 Å². The quantitative estimate of drug-likeness (QED) is 0.817. The Morgan fingerprint density at radius 3 is 3.11 bits per heavy atom. The molecular weight excluding hydrogens is 238 g/mol. The minimum atomic E-state index is -0.0840. The van der Waals surface area contributed by atoms with Gasteiger partial charge in [0.2, 0.25) is 0 Å². The Morgan fingerprint density at radius 1 is 1.37 bits per heavy atom. The number of nitrogens with zero attached hydrogens (tertiary/aromatic N) is 1. The second-order valence-electron chi connectivity index (χ2n) is 5.88. The van der Waals surface area contributed by atoms with Crippen LogP contribution in [0.3, 0.4) is 0 Å². The van der Waals surface area contributed by atoms with Crippen molar-refractivity contribution in [3.05, 3.63) is 29.8 Å². The van der Waals surface area contributed by atoms with Gasteiger partial charge in [0.15, 0.2) is 0 Å². The zero-order chi connectivity index (χ0) is 13.3. The van der Waals surface area contributed by atoms with Crippen molar-refractivity contribution >= 4 is 0 Å². The van der Waals surface area contributed by atoms with E-state index in [4.69, 9.17) is 9.47 Å². The van der Waals surface area contributed by atoms with Gasteiger partial charge >= 0.3 is 0 Å². The van der Waals surface area contributed by atoms with E-state index >= 15 is 0 Å². The van der Waals surface area contributed by atoms with Gasteiger partial charge in [0.25, 0.3) is 0 Å². The molecule has 0 unspecified atom stereocenters. The van der Waals surface area contributed by atoms with E-state index in [-0.39, 0.29) is 5.60 Å². The molecule has 2 aliphatic rings. The molecule has 1 aliphatic carbocycles. The van der Waals surface area contributed by atoms with Crippen molar-refractivity contribution < 1.29 is 9.47 Å². The standard InChI is InChI=1S/C16H23NO2/c1-17-11-14-6-3-4-9-16(14,19-12-17)13-7-5-8-15(10-13)18-2/h5,7-8,10,14H,3-4,6,9,11-12H2,1-2H3/t14-,16+/m0/s1. The average molecular weight is 261 g/mol. The van der Waals surface area contributed by atoms with Gasteiger partial charge in [-0.1, -0.05) is 25.0 Å². The van der Waals surface area contributed by atoms with Gasteiger partial charge in [0.1, 0.15) is 5.75 Å². The van der Waals surface area contributed by atoms with Crippen LogP contribution in [0.1, 0.15) is 31.2 Å². The summed E-state index contributed by atoms with van der Waals surface area (Å²) in [7, 11) is 3.87. The van der Waals surface area contributed by atoms with Crippen LogP contribution in [-0.2, 0) is 10.3 Å². The first-order valence-corrected chi connectivity index (χ1v) is 7.21. The van der Waals surface area contributed by atoms with E-state index in [1.807, 2.05) is 6.07 Å². The van der Waals surface area contributed by atoms with Gasteiger partial charge in [-0.25, -0.2) is 0 Å². The van der Waals surface area contributed by atoms with E-state index < -0.39 is 0 Å². The van der Waals surface area contributed by atoms with Crippen molar-refractivity contribution in [1.82, 2.24) is 4.90 Å². The van der Waals surface area contributed by atoms with Gasteiger partial charge in [-0.2, -0.15) is 0 Å². The molecule has 1 saturated carbocycles. The summed E-state index contributed by atoms with van der Waals surface area (Å²) in [5, 5.41) is 0. The van der Waals surface area contributed by atoms with Gasteiger partial charge < -0.3 is 9.47 Å². The third-order valence-electron chi connectivity index (χ3n) is 4.64. The Kier molecular flexibility index (Phi) is 3.50. The Labute approximate surface area is 115 Å². The molecule has 3 heteroatoms. The van der Waals surface area contributed by atoms with E-state index in [9.17, 15) is 0 Å². The summed E-state index contributed by atoms with van der Waals surface area (Å²) in [5.74, 6) is 1.53. The van der Waals surface area contributed by atoms with Crippen LogP contribution in [0.25, 0.3) is 0 Å². The smallest absolute Gasteiger partial charge is 0.119 e. The Hall–Kier alpha value is -1.06. The first-order chi connectivity index (χ1) is 9.24. The molecule has 3 rings (SSSR count). The fourth-order valence-electron chi connectivity index (χ4n) is 3.65. The monoisotopic (exact) mass is 261 g/mol. The summed E-state index contributed by atoms with van der Waals surface area (Å²) in [6.07, 6.45) is 4.99. The molecule has 0 radical (unpaired) electrons. The predicted molar refractivity (Wildman–Crippen MR) is 75.2 cm³/mol. The number of hydrogen-bond acceptors (Lipinski definition) is 3.